The highest BCUT2D eigenvalue weighted by Gasteiger charge is 2.24. The number of hydrogen-bond acceptors (Lipinski definition) is 2. The lowest BCUT2D eigenvalue weighted by Crippen LogP contribution is -2.26. The van der Waals surface area contributed by atoms with Crippen LogP contribution in [-0.2, 0) is 4.74 Å². The first-order valence-corrected chi connectivity index (χ1v) is 5.50. The largest absolute Gasteiger partial charge is 0.458 e. The van der Waals surface area contributed by atoms with Gasteiger partial charge in [-0.25, -0.2) is 4.79 Å². The van der Waals surface area contributed by atoms with E-state index in [1.807, 2.05) is 0 Å². The summed E-state index contributed by atoms with van der Waals surface area (Å²) in [7, 11) is 6.44. The minimum atomic E-state index is -0.202. The van der Waals surface area contributed by atoms with Crippen molar-refractivity contribution >= 4 is 50.1 Å². The Morgan fingerprint density at radius 2 is 1.67 bits per heavy atom. The average molecular weight is 278 g/mol. The zero-order chi connectivity index (χ0) is 9.61. The Morgan fingerprint density at radius 3 is 1.92 bits per heavy atom. The lowest BCUT2D eigenvalue weighted by atomic mass is 9.62. The van der Waals surface area contributed by atoms with E-state index in [-0.39, 0.29) is 9.39 Å². The number of hydrogen-bond donors (Lipinski definition) is 0. The van der Waals surface area contributed by atoms with E-state index in [4.69, 9.17) is 4.74 Å². The van der Waals surface area contributed by atoms with Gasteiger partial charge in [0.2, 0.25) is 0 Å². The zero-order valence-corrected chi connectivity index (χ0v) is 10.2. The van der Waals surface area contributed by atoms with Gasteiger partial charge in [-0.1, -0.05) is 19.0 Å². The predicted octanol–water partition coefficient (Wildman–Crippen LogP) is -0.301. The first-order valence-electron chi connectivity index (χ1n) is 4.42. The number of rotatable bonds is 5. The van der Waals surface area contributed by atoms with Crippen molar-refractivity contribution in [1.82, 2.24) is 0 Å². The Morgan fingerprint density at radius 1 is 1.25 bits per heavy atom. The van der Waals surface area contributed by atoms with E-state index in [1.54, 1.807) is 22.6 Å². The van der Waals surface area contributed by atoms with Crippen LogP contribution in [0.3, 0.4) is 0 Å². The minimum Gasteiger partial charge on any atom is -0.458 e. The van der Waals surface area contributed by atoms with Crippen LogP contribution >= 0.6 is 22.6 Å². The van der Waals surface area contributed by atoms with Gasteiger partial charge in [0, 0.05) is 0 Å². The summed E-state index contributed by atoms with van der Waals surface area (Å²) in [5, 5.41) is 0. The maximum Gasteiger partial charge on any atom is 0.367 e. The van der Waals surface area contributed by atoms with Crippen molar-refractivity contribution < 1.29 is 9.53 Å². The van der Waals surface area contributed by atoms with Crippen LogP contribution in [0.5, 0.6) is 0 Å². The van der Waals surface area contributed by atoms with Gasteiger partial charge >= 0.3 is 3.98 Å². The minimum absolute atomic E-state index is 0.202. The van der Waals surface area contributed by atoms with Crippen molar-refractivity contribution in [2.24, 2.45) is 5.41 Å². The molecule has 0 unspecified atom stereocenters. The van der Waals surface area contributed by atoms with Crippen LogP contribution in [-0.4, -0.2) is 34.1 Å². The maximum atomic E-state index is 10.6. The molecule has 0 saturated heterocycles. The normalized spacial score (nSPS) is 11.1. The van der Waals surface area contributed by atoms with Gasteiger partial charge in [-0.05, 0) is 5.41 Å². The molecule has 0 N–H and O–H groups in total. The highest BCUT2D eigenvalue weighted by molar-refractivity contribution is 14.1. The Hall–Kier alpha value is 0.395. The lowest BCUT2D eigenvalue weighted by Gasteiger charge is -2.29. The fourth-order valence-corrected chi connectivity index (χ4v) is 1.42. The molecule has 0 aliphatic carbocycles. The molecule has 0 atom stereocenters. The molecular weight excluding hydrogens is 263 g/mol. The Bertz CT molecular complexity index is 141. The molecule has 0 heterocycles. The molecule has 66 valence electrons. The fourth-order valence-electron chi connectivity index (χ4n) is 1.27. The van der Waals surface area contributed by atoms with Gasteiger partial charge in [0.05, 0.1) is 29.2 Å². The summed E-state index contributed by atoms with van der Waals surface area (Å²) in [4.78, 5) is 10.6. The maximum absolute atomic E-state index is 10.6. The molecule has 0 bridgehead atoms. The summed E-state index contributed by atoms with van der Waals surface area (Å²) in [6.07, 6.45) is 3.22. The van der Waals surface area contributed by atoms with Gasteiger partial charge < -0.3 is 4.74 Å². The van der Waals surface area contributed by atoms with Crippen LogP contribution in [0.1, 0.15) is 0 Å². The molecule has 0 radical (unpaired) electrons. The van der Waals surface area contributed by atoms with Gasteiger partial charge in [-0.3, -0.25) is 0 Å². The third kappa shape index (κ3) is 3.87. The van der Waals surface area contributed by atoms with E-state index in [0.717, 1.165) is 19.0 Å². The first kappa shape index (κ1) is 12.4. The predicted molar refractivity (Wildman–Crippen MR) is 67.9 cm³/mol. The van der Waals surface area contributed by atoms with Crippen molar-refractivity contribution in [3.63, 3.8) is 0 Å². The van der Waals surface area contributed by atoms with Crippen LogP contribution in [0.4, 0.5) is 4.79 Å². The molecule has 0 aromatic heterocycles. The average Bonchev–Trinajstić information content (AvgIpc) is 2.08. The summed E-state index contributed by atoms with van der Waals surface area (Å²) in [5.41, 5.74) is 0.209. The first-order chi connectivity index (χ1) is 5.60. The van der Waals surface area contributed by atoms with Gasteiger partial charge in [0.1, 0.15) is 23.5 Å². The lowest BCUT2D eigenvalue weighted by molar-refractivity contribution is 0.133. The topological polar surface area (TPSA) is 26.3 Å². The number of carbonyl (C=O) groups excluding carboxylic acids is 1. The van der Waals surface area contributed by atoms with E-state index in [1.165, 1.54) is 0 Å². The van der Waals surface area contributed by atoms with Gasteiger partial charge in [-0.15, -0.1) is 0 Å². The smallest absolute Gasteiger partial charge is 0.367 e. The molecule has 6 heteroatoms. The number of ether oxygens (including phenoxy) is 1. The quantitative estimate of drug-likeness (QED) is 0.392. The molecule has 0 rings (SSSR count). The van der Waals surface area contributed by atoms with Crippen molar-refractivity contribution in [3.05, 3.63) is 0 Å². The van der Waals surface area contributed by atoms with Crippen molar-refractivity contribution in [2.75, 3.05) is 6.61 Å². The molecule has 12 heavy (non-hydrogen) atoms. The van der Waals surface area contributed by atoms with E-state index < -0.39 is 0 Å². The SMILES string of the molecule is BCC(CB)(CB)COC(=O)I. The van der Waals surface area contributed by atoms with Crippen molar-refractivity contribution in [1.29, 1.82) is 0 Å². The number of carbonyl (C=O) groups is 1. The highest BCUT2D eigenvalue weighted by atomic mass is 127. The fraction of sp³-hybridized carbons (Fsp3) is 0.833. The third-order valence-electron chi connectivity index (χ3n) is 2.74. The molecule has 2 nitrogen and oxygen atoms in total. The summed E-state index contributed by atoms with van der Waals surface area (Å²) in [6, 6.07) is 0. The molecule has 0 aliphatic heterocycles. The highest BCUT2D eigenvalue weighted by Crippen LogP contribution is 2.29. The zero-order valence-electron chi connectivity index (χ0n) is 8.02. The molecule has 0 amide bonds. The Kier molecular flexibility index (Phi) is 6.14. The van der Waals surface area contributed by atoms with Gasteiger partial charge in [0.25, 0.3) is 0 Å². The molecule has 0 aromatic carbocycles. The second-order valence-corrected chi connectivity index (χ2v) is 3.97. The third-order valence-corrected chi connectivity index (χ3v) is 3.05. The van der Waals surface area contributed by atoms with Crippen LogP contribution in [0, 0.1) is 5.41 Å². The van der Waals surface area contributed by atoms with Crippen LogP contribution in [0.2, 0.25) is 19.0 Å². The molecule has 0 aromatic rings. The van der Waals surface area contributed by atoms with E-state index in [0.29, 0.717) is 6.61 Å². The Balaban J connectivity index is 4.01. The van der Waals surface area contributed by atoms with E-state index >= 15 is 0 Å². The summed E-state index contributed by atoms with van der Waals surface area (Å²) in [5.74, 6) is 0. The molecule has 0 aliphatic rings. The molecule has 0 spiro atoms. The van der Waals surface area contributed by atoms with Crippen molar-refractivity contribution in [2.45, 2.75) is 19.0 Å². The number of halogens is 1. The van der Waals surface area contributed by atoms with Crippen LogP contribution < -0.4 is 0 Å². The summed E-state index contributed by atoms with van der Waals surface area (Å²) in [6.45, 7) is 0.568. The van der Waals surface area contributed by atoms with E-state index in [9.17, 15) is 4.79 Å². The van der Waals surface area contributed by atoms with Gasteiger partial charge in [0.15, 0.2) is 0 Å². The second kappa shape index (κ2) is 5.94. The Labute approximate surface area is 90.6 Å². The molecular formula is C6H14B3IO2. The monoisotopic (exact) mass is 278 g/mol. The standard InChI is InChI=1S/C6H14B3IO2/c7-1-6(2-8,3-9)4-12-5(10)11/h1-4,7-9H2. The molecule has 0 saturated carbocycles. The molecule has 0 fully saturated rings. The van der Waals surface area contributed by atoms with Crippen LogP contribution in [0.15, 0.2) is 0 Å². The van der Waals surface area contributed by atoms with E-state index in [2.05, 4.69) is 23.5 Å². The summed E-state index contributed by atoms with van der Waals surface area (Å²) >= 11 is 1.67. The van der Waals surface area contributed by atoms with Crippen LogP contribution in [0.25, 0.3) is 0 Å². The summed E-state index contributed by atoms with van der Waals surface area (Å²) < 4.78 is 4.83. The van der Waals surface area contributed by atoms with Crippen molar-refractivity contribution in [3.8, 4) is 0 Å². The van der Waals surface area contributed by atoms with Gasteiger partial charge in [-0.2, -0.15) is 0 Å². The second-order valence-electron chi connectivity index (χ2n) is 3.09.